The Morgan fingerprint density at radius 2 is 2.33 bits per heavy atom. The first-order valence-corrected chi connectivity index (χ1v) is 5.19. The molecule has 0 bridgehead atoms. The minimum atomic E-state index is 0.372. The summed E-state index contributed by atoms with van der Waals surface area (Å²) in [7, 11) is 0. The summed E-state index contributed by atoms with van der Waals surface area (Å²) < 4.78 is 1.96. The Bertz CT molecular complexity index is 202. The standard InChI is InChI=1S/C6H5OSe2/c1-4-6(7)5(8)2-3-9-4/h2-3H,1H3/p+1. The Kier molecular flexibility index (Phi) is 2.31. The first-order valence-electron chi connectivity index (χ1n) is 2.49. The molecule has 1 radical (unpaired) electrons. The third kappa shape index (κ3) is 1.56. The number of rotatable bonds is 0. The SMILES string of the molecule is Cc1[se+]ccc([Se])c1O. The van der Waals surface area contributed by atoms with Crippen LogP contribution in [0.1, 0.15) is 4.44 Å². The Morgan fingerprint density at radius 1 is 1.67 bits per heavy atom. The van der Waals surface area contributed by atoms with Crippen LogP contribution in [-0.4, -0.2) is 35.6 Å². The van der Waals surface area contributed by atoms with Gasteiger partial charge < -0.3 is 0 Å². The van der Waals surface area contributed by atoms with E-state index in [4.69, 9.17) is 0 Å². The van der Waals surface area contributed by atoms with Crippen molar-refractivity contribution in [3.8, 4) is 5.75 Å². The molecule has 0 aliphatic carbocycles. The van der Waals surface area contributed by atoms with Crippen LogP contribution in [0.3, 0.4) is 0 Å². The maximum atomic E-state index is 9.22. The van der Waals surface area contributed by atoms with E-state index in [9.17, 15) is 5.11 Å². The first-order chi connectivity index (χ1) is 4.22. The molecule has 0 aliphatic heterocycles. The van der Waals surface area contributed by atoms with Crippen molar-refractivity contribution in [3.05, 3.63) is 15.4 Å². The monoisotopic (exact) mass is 254 g/mol. The fraction of sp³-hybridized carbons (Fsp3) is 0.167. The average Bonchev–Trinajstić information content (AvgIpc) is 1.83. The quantitative estimate of drug-likeness (QED) is 0.636. The fourth-order valence-corrected chi connectivity index (χ4v) is 3.06. The zero-order chi connectivity index (χ0) is 6.85. The van der Waals surface area contributed by atoms with E-state index in [0.717, 1.165) is 8.90 Å². The van der Waals surface area contributed by atoms with Crippen LogP contribution in [0.5, 0.6) is 5.75 Å². The summed E-state index contributed by atoms with van der Waals surface area (Å²) in [6.07, 6.45) is 0. The van der Waals surface area contributed by atoms with Crippen molar-refractivity contribution in [1.29, 1.82) is 0 Å². The van der Waals surface area contributed by atoms with Crippen LogP contribution in [0.25, 0.3) is 0 Å². The van der Waals surface area contributed by atoms with E-state index in [0.29, 0.717) is 20.3 Å². The summed E-state index contributed by atoms with van der Waals surface area (Å²) >= 11 is 3.16. The Balaban J connectivity index is 3.25. The Morgan fingerprint density at radius 3 is 2.78 bits per heavy atom. The van der Waals surface area contributed by atoms with Gasteiger partial charge in [0.05, 0.1) is 0 Å². The van der Waals surface area contributed by atoms with Crippen molar-refractivity contribution in [2.24, 2.45) is 0 Å². The van der Waals surface area contributed by atoms with Gasteiger partial charge in [-0.25, -0.2) is 0 Å². The van der Waals surface area contributed by atoms with Crippen molar-refractivity contribution in [2.45, 2.75) is 6.92 Å². The van der Waals surface area contributed by atoms with Crippen molar-refractivity contribution in [3.63, 3.8) is 0 Å². The minimum absolute atomic E-state index is 0.372. The molecular formula is C6H6OSe2+. The van der Waals surface area contributed by atoms with E-state index < -0.39 is 0 Å². The Hall–Kier alpha value is 0.189. The molecular weight excluding hydrogens is 246 g/mol. The molecule has 0 unspecified atom stereocenters. The predicted molar refractivity (Wildman–Crippen MR) is 39.6 cm³/mol. The van der Waals surface area contributed by atoms with Gasteiger partial charge in [0, 0.05) is 0 Å². The summed E-state index contributed by atoms with van der Waals surface area (Å²) in [6.45, 7) is 1.95. The number of aromatic hydroxyl groups is 1. The van der Waals surface area contributed by atoms with E-state index in [1.807, 2.05) is 13.0 Å². The summed E-state index contributed by atoms with van der Waals surface area (Å²) in [6, 6.07) is 1.92. The molecule has 0 amide bonds. The normalized spacial score (nSPS) is 9.44. The fourth-order valence-electron chi connectivity index (χ4n) is 0.506. The summed E-state index contributed by atoms with van der Waals surface area (Å²) in [5.74, 6) is 0.442. The molecule has 47 valence electrons. The van der Waals surface area contributed by atoms with Gasteiger partial charge in [-0.15, -0.1) is 0 Å². The molecule has 0 saturated carbocycles. The van der Waals surface area contributed by atoms with Gasteiger partial charge in [-0.05, 0) is 0 Å². The van der Waals surface area contributed by atoms with E-state index in [1.54, 1.807) is 0 Å². The molecule has 0 atom stereocenters. The summed E-state index contributed by atoms with van der Waals surface area (Å²) in [4.78, 5) is 2.09. The van der Waals surface area contributed by atoms with Crippen molar-refractivity contribution >= 4 is 35.0 Å². The van der Waals surface area contributed by atoms with Crippen LogP contribution < -0.4 is 4.46 Å². The second-order valence-electron chi connectivity index (χ2n) is 1.69. The van der Waals surface area contributed by atoms with Gasteiger partial charge in [-0.2, -0.15) is 0 Å². The second-order valence-corrected chi connectivity index (χ2v) is 4.96. The molecule has 9 heavy (non-hydrogen) atoms. The molecule has 0 spiro atoms. The maximum absolute atomic E-state index is 9.22. The molecule has 1 N–H and O–H groups in total. The van der Waals surface area contributed by atoms with Crippen LogP contribution in [-0.2, 0) is 0 Å². The van der Waals surface area contributed by atoms with Gasteiger partial charge in [0.1, 0.15) is 0 Å². The van der Waals surface area contributed by atoms with Crippen LogP contribution >= 0.6 is 0 Å². The predicted octanol–water partition coefficient (Wildman–Crippen LogP) is -0.167. The number of aryl methyl sites for hydroxylation is 1. The van der Waals surface area contributed by atoms with Gasteiger partial charge >= 0.3 is 68.2 Å². The van der Waals surface area contributed by atoms with E-state index in [1.165, 1.54) is 0 Å². The van der Waals surface area contributed by atoms with Crippen LogP contribution in [0.4, 0.5) is 0 Å². The topological polar surface area (TPSA) is 20.2 Å². The van der Waals surface area contributed by atoms with Crippen molar-refractivity contribution < 1.29 is 5.11 Å². The molecule has 0 aliphatic rings. The van der Waals surface area contributed by atoms with Gasteiger partial charge in [0.15, 0.2) is 0 Å². The molecule has 0 saturated heterocycles. The van der Waals surface area contributed by atoms with Gasteiger partial charge in [-0.3, -0.25) is 0 Å². The van der Waals surface area contributed by atoms with Gasteiger partial charge in [0.25, 0.3) is 0 Å². The molecule has 3 heteroatoms. The molecule has 1 aromatic heterocycles. The molecule has 1 rings (SSSR count). The van der Waals surface area contributed by atoms with E-state index >= 15 is 0 Å². The number of hydrogen-bond acceptors (Lipinski definition) is 1. The van der Waals surface area contributed by atoms with E-state index in [-0.39, 0.29) is 0 Å². The zero-order valence-electron chi connectivity index (χ0n) is 4.92. The van der Waals surface area contributed by atoms with Crippen LogP contribution in [0, 0.1) is 6.92 Å². The van der Waals surface area contributed by atoms with Gasteiger partial charge in [0.2, 0.25) is 0 Å². The first kappa shape index (κ1) is 7.30. The molecule has 1 aromatic rings. The summed E-state index contributed by atoms with van der Waals surface area (Å²) in [5.41, 5.74) is 0. The molecule has 1 nitrogen and oxygen atoms in total. The average molecular weight is 252 g/mol. The van der Waals surface area contributed by atoms with E-state index in [2.05, 4.69) is 21.0 Å². The molecule has 0 fully saturated rings. The zero-order valence-corrected chi connectivity index (χ0v) is 8.34. The van der Waals surface area contributed by atoms with Gasteiger partial charge in [-0.1, -0.05) is 0 Å². The molecule has 1 heterocycles. The third-order valence-corrected chi connectivity index (χ3v) is 3.44. The van der Waals surface area contributed by atoms with Crippen molar-refractivity contribution in [2.75, 3.05) is 0 Å². The van der Waals surface area contributed by atoms with Crippen molar-refractivity contribution in [1.82, 2.24) is 0 Å². The van der Waals surface area contributed by atoms with Crippen LogP contribution in [0.2, 0.25) is 0 Å². The van der Waals surface area contributed by atoms with Crippen LogP contribution in [0.15, 0.2) is 11.0 Å². The summed E-state index contributed by atoms with van der Waals surface area (Å²) in [5, 5.41) is 9.22. The third-order valence-electron chi connectivity index (χ3n) is 1.03. The Labute approximate surface area is 68.3 Å². The number of hydrogen-bond donors (Lipinski definition) is 1. The molecule has 0 aromatic carbocycles. The second kappa shape index (κ2) is 2.85.